The summed E-state index contributed by atoms with van der Waals surface area (Å²) in [4.78, 5) is 30.5. The summed E-state index contributed by atoms with van der Waals surface area (Å²) in [5.74, 6) is -0.295. The van der Waals surface area contributed by atoms with Crippen LogP contribution in [0.15, 0.2) is 24.4 Å². The minimum atomic E-state index is -5.22. The first-order chi connectivity index (χ1) is 8.31. The van der Waals surface area contributed by atoms with Crippen LogP contribution in [0.4, 0.5) is 0 Å². The average molecular weight is 319 g/mol. The van der Waals surface area contributed by atoms with Crippen LogP contribution in [-0.2, 0) is 4.57 Å². The van der Waals surface area contributed by atoms with Gasteiger partial charge in [0.15, 0.2) is 11.5 Å². The Hall–Kier alpha value is 0.110. The zero-order valence-electron chi connectivity index (χ0n) is 11.1. The Morgan fingerprint density at radius 1 is 1.25 bits per heavy atom. The van der Waals surface area contributed by atoms with Gasteiger partial charge in [-0.1, -0.05) is 6.07 Å². The molecule has 1 aromatic carbocycles. The number of hydrogen-bond donors (Lipinski definition) is 0. The molecule has 0 aromatic heterocycles. The molecule has 11 heteroatoms. The molecule has 1 aromatic rings. The first-order valence-corrected chi connectivity index (χ1v) is 5.99. The molecule has 1 rings (SSSR count). The molecule has 0 heterocycles. The molecule has 0 bridgehead atoms. The monoisotopic (exact) mass is 319 g/mol. The summed E-state index contributed by atoms with van der Waals surface area (Å²) in [6.07, 6.45) is 1.78. The standard InChI is InChI=1S/C9H10NO7P.2Na/c1-16-8-3-2-7(4-5-10(11)12)6-9(8)17-18(13,14)15;;/h2-6H,1H3,(H2,13,14,15);;/q;2*+1/p-2/b5-4+;;. The van der Waals surface area contributed by atoms with E-state index in [4.69, 9.17) is 4.74 Å². The van der Waals surface area contributed by atoms with Crippen molar-refractivity contribution in [2.75, 3.05) is 7.11 Å². The van der Waals surface area contributed by atoms with Gasteiger partial charge in [-0.2, -0.15) is 0 Å². The maximum Gasteiger partial charge on any atom is 1.00 e. The number of ether oxygens (including phenoxy) is 1. The molecule has 0 unspecified atom stereocenters. The van der Waals surface area contributed by atoms with E-state index >= 15 is 0 Å². The predicted molar refractivity (Wildman–Crippen MR) is 57.3 cm³/mol. The van der Waals surface area contributed by atoms with E-state index in [9.17, 15) is 24.5 Å². The second-order valence-electron chi connectivity index (χ2n) is 3.05. The number of nitro groups is 1. The van der Waals surface area contributed by atoms with E-state index in [1.807, 2.05) is 0 Å². The Kier molecular flexibility index (Phi) is 11.1. The van der Waals surface area contributed by atoms with E-state index in [0.717, 1.165) is 12.1 Å². The Morgan fingerprint density at radius 2 is 1.85 bits per heavy atom. The van der Waals surface area contributed by atoms with Crippen LogP contribution in [0.25, 0.3) is 6.08 Å². The van der Waals surface area contributed by atoms with Crippen LogP contribution >= 0.6 is 7.82 Å². The third kappa shape index (κ3) is 8.41. The van der Waals surface area contributed by atoms with E-state index in [-0.39, 0.29) is 76.2 Å². The van der Waals surface area contributed by atoms with E-state index in [2.05, 4.69) is 4.52 Å². The molecule has 0 aliphatic heterocycles. The smallest absolute Gasteiger partial charge is 0.780 e. The van der Waals surface area contributed by atoms with Gasteiger partial charge in [0, 0.05) is 6.08 Å². The molecule has 0 N–H and O–H groups in total. The largest absolute Gasteiger partial charge is 1.00 e. The summed E-state index contributed by atoms with van der Waals surface area (Å²) in [5, 5.41) is 10.1. The molecule has 0 amide bonds. The van der Waals surface area contributed by atoms with E-state index < -0.39 is 12.7 Å². The van der Waals surface area contributed by atoms with Crippen molar-refractivity contribution in [2.45, 2.75) is 0 Å². The Balaban J connectivity index is 0. The van der Waals surface area contributed by atoms with Crippen molar-refractivity contribution in [3.05, 3.63) is 40.1 Å². The van der Waals surface area contributed by atoms with Crippen LogP contribution in [0.3, 0.4) is 0 Å². The number of phosphoric ester groups is 1. The van der Waals surface area contributed by atoms with Crippen LogP contribution in [0.1, 0.15) is 5.56 Å². The van der Waals surface area contributed by atoms with Crippen molar-refractivity contribution in [3.8, 4) is 11.5 Å². The van der Waals surface area contributed by atoms with Crippen molar-refractivity contribution in [1.82, 2.24) is 0 Å². The molecule has 98 valence electrons. The van der Waals surface area contributed by atoms with Gasteiger partial charge in [0.2, 0.25) is 6.20 Å². The topological polar surface area (TPSA) is 125 Å². The summed E-state index contributed by atoms with van der Waals surface area (Å²) in [6, 6.07) is 3.90. The van der Waals surface area contributed by atoms with Gasteiger partial charge in [-0.15, -0.1) is 0 Å². The maximum absolute atomic E-state index is 10.5. The fourth-order valence-corrected chi connectivity index (χ4v) is 1.52. The molecule has 0 radical (unpaired) electrons. The van der Waals surface area contributed by atoms with Gasteiger partial charge in [0.05, 0.1) is 12.0 Å². The molecule has 0 aliphatic rings. The Labute approximate surface area is 159 Å². The third-order valence-corrected chi connectivity index (χ3v) is 2.21. The second kappa shape index (κ2) is 9.94. The van der Waals surface area contributed by atoms with Crippen molar-refractivity contribution in [1.29, 1.82) is 0 Å². The molecule has 0 fully saturated rings. The summed E-state index contributed by atoms with van der Waals surface area (Å²) in [5.41, 5.74) is 0.288. The number of hydrogen-bond acceptors (Lipinski definition) is 7. The normalized spacial score (nSPS) is 10.3. The molecule has 0 saturated carbocycles. The molecule has 8 nitrogen and oxygen atoms in total. The SMILES string of the molecule is COc1ccc(/C=C/[N+](=O)[O-])cc1OP(=O)([O-])[O-].[Na+].[Na+]. The van der Waals surface area contributed by atoms with Crippen molar-refractivity contribution < 1.29 is 87.7 Å². The van der Waals surface area contributed by atoms with E-state index in [1.165, 1.54) is 19.2 Å². The fourth-order valence-electron chi connectivity index (χ4n) is 1.14. The number of rotatable bonds is 5. The van der Waals surface area contributed by atoms with Gasteiger partial charge in [0.25, 0.3) is 0 Å². The van der Waals surface area contributed by atoms with Crippen LogP contribution in [0, 0.1) is 10.1 Å². The van der Waals surface area contributed by atoms with Crippen molar-refractivity contribution in [2.24, 2.45) is 0 Å². The molecule has 0 atom stereocenters. The quantitative estimate of drug-likeness (QED) is 0.229. The van der Waals surface area contributed by atoms with Gasteiger partial charge in [-0.3, -0.25) is 10.1 Å². The molecular weight excluding hydrogens is 311 g/mol. The van der Waals surface area contributed by atoms with E-state index in [0.29, 0.717) is 6.20 Å². The fraction of sp³-hybridized carbons (Fsp3) is 0.111. The molecule has 0 aliphatic carbocycles. The molecule has 0 spiro atoms. The predicted octanol–water partition coefficient (Wildman–Crippen LogP) is -5.84. The van der Waals surface area contributed by atoms with Crippen LogP contribution < -0.4 is 78.2 Å². The first kappa shape index (κ1) is 22.4. The zero-order valence-corrected chi connectivity index (χ0v) is 16.0. The minimum absolute atomic E-state index is 0. The average Bonchev–Trinajstić information content (AvgIpc) is 2.24. The molecular formula is C9H8NNa2O7P. The zero-order chi connectivity index (χ0) is 13.8. The minimum Gasteiger partial charge on any atom is -0.780 e. The molecule has 20 heavy (non-hydrogen) atoms. The van der Waals surface area contributed by atoms with Gasteiger partial charge in [-0.25, -0.2) is 0 Å². The Morgan fingerprint density at radius 3 is 2.30 bits per heavy atom. The van der Waals surface area contributed by atoms with Crippen LogP contribution in [-0.4, -0.2) is 12.0 Å². The first-order valence-electron chi connectivity index (χ1n) is 4.53. The maximum atomic E-state index is 10.5. The van der Waals surface area contributed by atoms with Crippen molar-refractivity contribution in [3.63, 3.8) is 0 Å². The summed E-state index contributed by atoms with van der Waals surface area (Å²) in [7, 11) is -3.96. The van der Waals surface area contributed by atoms with Gasteiger partial charge >= 0.3 is 59.1 Å². The summed E-state index contributed by atoms with van der Waals surface area (Å²) < 4.78 is 19.5. The Bertz CT molecular complexity index is 531. The molecule has 0 saturated heterocycles. The van der Waals surface area contributed by atoms with Gasteiger partial charge in [-0.05, 0) is 17.7 Å². The summed E-state index contributed by atoms with van der Waals surface area (Å²) in [6.45, 7) is 0. The van der Waals surface area contributed by atoms with Crippen LogP contribution in [0.5, 0.6) is 11.5 Å². The van der Waals surface area contributed by atoms with Crippen LogP contribution in [0.2, 0.25) is 0 Å². The van der Waals surface area contributed by atoms with E-state index in [1.54, 1.807) is 0 Å². The number of benzene rings is 1. The second-order valence-corrected chi connectivity index (χ2v) is 4.13. The summed E-state index contributed by atoms with van der Waals surface area (Å²) >= 11 is 0. The third-order valence-electron chi connectivity index (χ3n) is 1.79. The number of methoxy groups -OCH3 is 1. The van der Waals surface area contributed by atoms with Gasteiger partial charge in [0.1, 0.15) is 7.82 Å². The number of nitrogens with zero attached hydrogens (tertiary/aromatic N) is 1. The van der Waals surface area contributed by atoms with Gasteiger partial charge < -0.3 is 23.6 Å². The van der Waals surface area contributed by atoms with Crippen molar-refractivity contribution >= 4 is 13.9 Å². The number of phosphoric acid groups is 1.